The van der Waals surface area contributed by atoms with Crippen molar-refractivity contribution in [2.45, 2.75) is 0 Å². The lowest BCUT2D eigenvalue weighted by Crippen LogP contribution is -2.37. The van der Waals surface area contributed by atoms with E-state index in [1.54, 1.807) is 0 Å². The summed E-state index contributed by atoms with van der Waals surface area (Å²) in [5, 5.41) is 0. The molecule has 0 aromatic heterocycles. The molecule has 0 N–H and O–H groups in total. The third-order valence-electron chi connectivity index (χ3n) is 0.892. The Morgan fingerprint density at radius 1 is 0.706 bits per heavy atom. The van der Waals surface area contributed by atoms with Gasteiger partial charge < -0.3 is 0 Å². The number of hydrogen-bond acceptors (Lipinski definition) is 0. The monoisotopic (exact) mass is 490 g/mol. The molecule has 17 heteroatoms. The minimum atomic E-state index is -0.509. The summed E-state index contributed by atoms with van der Waals surface area (Å²) in [6, 6.07) is 0. The Morgan fingerprint density at radius 2 is 1.18 bits per heavy atom. The van der Waals surface area contributed by atoms with Crippen molar-refractivity contribution in [1.29, 1.82) is 0 Å². The maximum Gasteiger partial charge on any atom is 0.149 e. The van der Waals surface area contributed by atoms with Crippen molar-refractivity contribution >= 4 is 150 Å². The van der Waals surface area contributed by atoms with Crippen LogP contribution in [-0.2, 0) is 0 Å². The average Bonchev–Trinajstić information content (AvgIpc) is 2.32. The van der Waals surface area contributed by atoms with Crippen molar-refractivity contribution in [2.75, 3.05) is 0 Å². The van der Waals surface area contributed by atoms with Crippen LogP contribution >= 0.6 is 22.2 Å². The van der Waals surface area contributed by atoms with Crippen LogP contribution < -0.4 is 0 Å². The van der Waals surface area contributed by atoms with Crippen LogP contribution in [0.4, 0.5) is 0 Å². The Kier molecular flexibility index (Phi) is 21.9. The van der Waals surface area contributed by atoms with Crippen LogP contribution in [0.1, 0.15) is 0 Å². The SMILES string of the molecule is [Si][Si][Si][Si][Si][Si][Si][Si][Si][Si][Si][Si][Si](Cl)[Si][Si]Cl. The van der Waals surface area contributed by atoms with Gasteiger partial charge >= 0.3 is 0 Å². The predicted molar refractivity (Wildman–Crippen MR) is 98.0 cm³/mol. The summed E-state index contributed by atoms with van der Waals surface area (Å²) < 4.78 is 0. The third kappa shape index (κ3) is 17.8. The fraction of sp³-hybridized carbons (Fsp3) is 0. The Balaban J connectivity index is 2.98. The molecule has 0 aliphatic rings. The number of hydrogen-bond donors (Lipinski definition) is 0. The Bertz CT molecular complexity index is 137. The Hall–Kier alpha value is 3.83. The van der Waals surface area contributed by atoms with Gasteiger partial charge in [-0.15, -0.1) is 0 Å². The fourth-order valence-electron chi connectivity index (χ4n) is 0.409. The van der Waals surface area contributed by atoms with Gasteiger partial charge in [0.05, 0.1) is 8.55 Å². The summed E-state index contributed by atoms with van der Waals surface area (Å²) in [5.74, 6) is 0. The van der Waals surface area contributed by atoms with Crippen molar-refractivity contribution < 1.29 is 0 Å². The molecule has 0 amide bonds. The molecule has 0 aromatic rings. The molecule has 0 spiro atoms. The quantitative estimate of drug-likeness (QED) is 0.139. The summed E-state index contributed by atoms with van der Waals surface area (Å²) in [4.78, 5) is 0. The highest BCUT2D eigenvalue weighted by Gasteiger charge is 2.09. The molecule has 0 unspecified atom stereocenters. The summed E-state index contributed by atoms with van der Waals surface area (Å²) in [5.41, 5.74) is 0. The van der Waals surface area contributed by atoms with Gasteiger partial charge in [-0.05, 0) is 0 Å². The van der Waals surface area contributed by atoms with Gasteiger partial charge in [0.1, 0.15) is 15.5 Å². The van der Waals surface area contributed by atoms with Crippen molar-refractivity contribution in [3.05, 3.63) is 0 Å². The maximum absolute atomic E-state index is 6.26. The molecular formula is Cl2Si15. The van der Waals surface area contributed by atoms with Crippen LogP contribution in [0.25, 0.3) is 0 Å². The molecule has 0 nitrogen and oxygen atoms in total. The smallest absolute Gasteiger partial charge is 0.149 e. The van der Waals surface area contributed by atoms with Gasteiger partial charge in [-0.2, -0.15) is 22.2 Å². The van der Waals surface area contributed by atoms with E-state index in [4.69, 9.17) is 22.2 Å². The molecule has 0 heterocycles. The first-order chi connectivity index (χ1) is 8.31. The Labute approximate surface area is 148 Å². The standard InChI is InChI=1S/Cl2Si15/c1-4-15-17(2)16-14-13-12-11-10-9-8-7-6-5-3. The van der Waals surface area contributed by atoms with Crippen LogP contribution in [0.15, 0.2) is 0 Å². The number of halogens is 2. The maximum atomic E-state index is 6.26. The van der Waals surface area contributed by atoms with Gasteiger partial charge in [0.25, 0.3) is 0 Å². The fourth-order valence-corrected chi connectivity index (χ4v) is 99.4. The second-order valence-corrected chi connectivity index (χ2v) is 51.5. The zero-order valence-corrected chi connectivity index (χ0v) is 24.8. The highest BCUT2D eigenvalue weighted by molar-refractivity contribution is 7.81. The van der Waals surface area contributed by atoms with E-state index in [9.17, 15) is 0 Å². The van der Waals surface area contributed by atoms with Gasteiger partial charge in [0, 0.05) is 104 Å². The second-order valence-electron chi connectivity index (χ2n) is 1.91. The first-order valence-corrected chi connectivity index (χ1v) is 34.9. The molecule has 0 atom stereocenters. The Morgan fingerprint density at radius 3 is 1.65 bits per heavy atom. The lowest BCUT2D eigenvalue weighted by molar-refractivity contribution is 3.73. The van der Waals surface area contributed by atoms with Crippen molar-refractivity contribution in [3.63, 3.8) is 0 Å². The van der Waals surface area contributed by atoms with Crippen LogP contribution in [0.2, 0.25) is 0 Å². The predicted octanol–water partition coefficient (Wildman–Crippen LogP) is -4.33. The first-order valence-electron chi connectivity index (χ1n) is 3.88. The minimum Gasteiger partial charge on any atom is -0.178 e. The van der Waals surface area contributed by atoms with E-state index in [2.05, 4.69) is 9.76 Å². The third-order valence-corrected chi connectivity index (χ3v) is 72.2. The van der Waals surface area contributed by atoms with Crippen molar-refractivity contribution in [2.24, 2.45) is 0 Å². The normalized spacial score (nSPS) is 11.3. The topological polar surface area (TPSA) is 0 Å². The van der Waals surface area contributed by atoms with Gasteiger partial charge in [-0.25, -0.2) is 0 Å². The second kappa shape index (κ2) is 17.9. The summed E-state index contributed by atoms with van der Waals surface area (Å²) in [6.45, 7) is 0. The van der Waals surface area contributed by atoms with E-state index in [1.165, 1.54) is 77.0 Å². The van der Waals surface area contributed by atoms with E-state index >= 15 is 0 Å². The van der Waals surface area contributed by atoms with Crippen molar-refractivity contribution in [1.82, 2.24) is 0 Å². The van der Waals surface area contributed by atoms with Crippen LogP contribution in [0.3, 0.4) is 0 Å². The molecule has 17 heavy (non-hydrogen) atoms. The molecule has 0 aromatic carbocycles. The van der Waals surface area contributed by atoms with Crippen molar-refractivity contribution in [3.8, 4) is 0 Å². The molecule has 0 saturated carbocycles. The molecule has 74 valence electrons. The van der Waals surface area contributed by atoms with E-state index in [0.717, 1.165) is 25.7 Å². The molecule has 0 bridgehead atoms. The van der Waals surface area contributed by atoms with Crippen LogP contribution in [-0.4, -0.2) is 128 Å². The van der Waals surface area contributed by atoms with Crippen LogP contribution in [0, 0.1) is 0 Å². The molecule has 0 saturated heterocycles. The molecule has 30 radical (unpaired) electrons. The van der Waals surface area contributed by atoms with Gasteiger partial charge in [0.2, 0.25) is 0 Å². The first kappa shape index (κ1) is 20.8. The summed E-state index contributed by atoms with van der Waals surface area (Å²) in [6.07, 6.45) is 0. The van der Waals surface area contributed by atoms with E-state index in [1.807, 2.05) is 0 Å². The van der Waals surface area contributed by atoms with Crippen LogP contribution in [0.5, 0.6) is 0 Å². The largest absolute Gasteiger partial charge is 0.178 e. The summed E-state index contributed by atoms with van der Waals surface area (Å²) >= 11 is 12.0. The lowest BCUT2D eigenvalue weighted by Gasteiger charge is -2.00. The zero-order chi connectivity index (χ0) is 12.8. The molecular weight excluding hydrogens is 492 g/mol. The van der Waals surface area contributed by atoms with E-state index < -0.39 is 7.14 Å². The highest BCUT2D eigenvalue weighted by Crippen LogP contribution is 1.83. The van der Waals surface area contributed by atoms with E-state index in [-0.39, 0.29) is 0 Å². The number of rotatable bonds is 13. The summed E-state index contributed by atoms with van der Waals surface area (Å²) in [7, 11) is 18.0. The average molecular weight is 492 g/mol. The molecule has 0 aliphatic carbocycles. The van der Waals surface area contributed by atoms with Gasteiger partial charge in [-0.3, -0.25) is 0 Å². The van der Waals surface area contributed by atoms with Gasteiger partial charge in [0.15, 0.2) is 0 Å². The van der Waals surface area contributed by atoms with E-state index in [0.29, 0.717) is 8.35 Å². The minimum absolute atomic E-state index is 0.509. The lowest BCUT2D eigenvalue weighted by atomic mass is 26.1. The van der Waals surface area contributed by atoms with Gasteiger partial charge in [-0.1, -0.05) is 0 Å². The zero-order valence-electron chi connectivity index (χ0n) is 8.26. The molecule has 0 rings (SSSR count). The molecule has 0 aliphatic heterocycles. The molecule has 0 fully saturated rings. The highest BCUT2D eigenvalue weighted by atomic mass is 35.6.